The zero-order valence-corrected chi connectivity index (χ0v) is 25.6. The summed E-state index contributed by atoms with van der Waals surface area (Å²) in [5.41, 5.74) is 2.64. The molecule has 3 aliphatic rings. The van der Waals surface area contributed by atoms with E-state index in [2.05, 4.69) is 43.1 Å². The van der Waals surface area contributed by atoms with Crippen LogP contribution in [-0.4, -0.2) is 82.5 Å². The standard InChI is InChI=1S/C31H37Cl2N7O2/c1-20(41)34-14-21-5-7-39(8-6-21)17-22-9-29(23-11-24(32)13-25(33)12-23)37-30(10-22)42-28-15-35-31(36-16-28)40-18-26-3-4-27(19-40)38(26)2/h9-13,15-16,21,26-27H,3-8,14,17-19H2,1-2H3,(H,34,41). The number of pyridine rings is 1. The minimum absolute atomic E-state index is 0.0293. The van der Waals surface area contributed by atoms with E-state index >= 15 is 0 Å². The highest BCUT2D eigenvalue weighted by Crippen LogP contribution is 2.32. The number of aromatic nitrogens is 3. The van der Waals surface area contributed by atoms with Gasteiger partial charge in [0.25, 0.3) is 0 Å². The number of likely N-dealkylation sites (tertiary alicyclic amines) is 1. The van der Waals surface area contributed by atoms with Crippen molar-refractivity contribution in [3.05, 3.63) is 58.3 Å². The number of nitrogens with zero attached hydrogens (tertiary/aromatic N) is 6. The fourth-order valence-electron chi connectivity index (χ4n) is 6.37. The first kappa shape index (κ1) is 29.1. The molecule has 1 aromatic carbocycles. The van der Waals surface area contributed by atoms with Gasteiger partial charge in [0.1, 0.15) is 0 Å². The number of carbonyl (C=O) groups excluding carboxylic acids is 1. The van der Waals surface area contributed by atoms with Crippen molar-refractivity contribution in [3.8, 4) is 22.9 Å². The van der Waals surface area contributed by atoms with Gasteiger partial charge in [-0.15, -0.1) is 0 Å². The third-order valence-electron chi connectivity index (χ3n) is 8.74. The van der Waals surface area contributed by atoms with Gasteiger partial charge in [0.2, 0.25) is 17.7 Å². The summed E-state index contributed by atoms with van der Waals surface area (Å²) in [5.74, 6) is 2.28. The number of amides is 1. The van der Waals surface area contributed by atoms with E-state index in [1.54, 1.807) is 25.4 Å². The predicted octanol–water partition coefficient (Wildman–Crippen LogP) is 5.27. The topological polar surface area (TPSA) is 86.7 Å². The number of rotatable bonds is 8. The molecule has 3 saturated heterocycles. The van der Waals surface area contributed by atoms with Crippen LogP contribution in [0.5, 0.6) is 11.6 Å². The Labute approximate surface area is 257 Å². The summed E-state index contributed by atoms with van der Waals surface area (Å²) < 4.78 is 6.23. The molecule has 2 atom stereocenters. The highest BCUT2D eigenvalue weighted by Gasteiger charge is 2.38. The van der Waals surface area contributed by atoms with Crippen LogP contribution in [0.4, 0.5) is 5.95 Å². The molecule has 2 unspecified atom stereocenters. The first-order chi connectivity index (χ1) is 20.3. The van der Waals surface area contributed by atoms with Crippen LogP contribution >= 0.6 is 23.2 Å². The number of fused-ring (bicyclic) bond motifs is 2. The van der Waals surface area contributed by atoms with Crippen LogP contribution < -0.4 is 15.0 Å². The van der Waals surface area contributed by atoms with E-state index in [1.165, 1.54) is 12.8 Å². The summed E-state index contributed by atoms with van der Waals surface area (Å²) in [5, 5.41) is 4.06. The molecule has 3 fully saturated rings. The predicted molar refractivity (Wildman–Crippen MR) is 165 cm³/mol. The largest absolute Gasteiger partial charge is 0.436 e. The Bertz CT molecular complexity index is 1380. The highest BCUT2D eigenvalue weighted by atomic mass is 35.5. The summed E-state index contributed by atoms with van der Waals surface area (Å²) in [6.07, 6.45) is 8.01. The Morgan fingerprint density at radius 3 is 2.29 bits per heavy atom. The summed E-state index contributed by atoms with van der Waals surface area (Å²) >= 11 is 12.7. The Kier molecular flexibility index (Phi) is 8.81. The first-order valence-electron chi connectivity index (χ1n) is 14.7. The van der Waals surface area contributed by atoms with E-state index in [9.17, 15) is 4.79 Å². The van der Waals surface area contributed by atoms with E-state index < -0.39 is 0 Å². The summed E-state index contributed by atoms with van der Waals surface area (Å²) in [6, 6.07) is 10.6. The molecule has 2 bridgehead atoms. The molecule has 1 N–H and O–H groups in total. The van der Waals surface area contributed by atoms with E-state index in [0.29, 0.717) is 39.7 Å². The van der Waals surface area contributed by atoms with Gasteiger partial charge in [0, 0.05) is 66.9 Å². The molecule has 42 heavy (non-hydrogen) atoms. The van der Waals surface area contributed by atoms with Crippen molar-refractivity contribution in [2.45, 2.75) is 51.2 Å². The normalized spacial score (nSPS) is 21.5. The maximum atomic E-state index is 11.3. The van der Waals surface area contributed by atoms with Gasteiger partial charge in [-0.05, 0) is 81.6 Å². The second-order valence-electron chi connectivity index (χ2n) is 11.8. The van der Waals surface area contributed by atoms with Crippen molar-refractivity contribution in [3.63, 3.8) is 0 Å². The molecule has 0 saturated carbocycles. The molecule has 0 radical (unpaired) electrons. The maximum Gasteiger partial charge on any atom is 0.225 e. The third-order valence-corrected chi connectivity index (χ3v) is 9.18. The Hall–Kier alpha value is -2.98. The van der Waals surface area contributed by atoms with Crippen molar-refractivity contribution >= 4 is 35.1 Å². The van der Waals surface area contributed by atoms with Crippen LogP contribution in [0.25, 0.3) is 11.3 Å². The van der Waals surface area contributed by atoms with Crippen molar-refractivity contribution < 1.29 is 9.53 Å². The minimum Gasteiger partial charge on any atom is -0.436 e. The maximum absolute atomic E-state index is 11.3. The van der Waals surface area contributed by atoms with Crippen LogP contribution in [0.3, 0.4) is 0 Å². The number of nitrogens with one attached hydrogen (secondary N) is 1. The first-order valence-corrected chi connectivity index (χ1v) is 15.5. The minimum atomic E-state index is 0.0293. The van der Waals surface area contributed by atoms with Gasteiger partial charge >= 0.3 is 0 Å². The number of hydrogen-bond donors (Lipinski definition) is 1. The Balaban J connectivity index is 1.18. The fraction of sp³-hybridized carbons (Fsp3) is 0.484. The van der Waals surface area contributed by atoms with E-state index in [0.717, 1.165) is 74.9 Å². The third kappa shape index (κ3) is 6.97. The van der Waals surface area contributed by atoms with Crippen LogP contribution in [0.15, 0.2) is 42.7 Å². The molecule has 6 rings (SSSR count). The van der Waals surface area contributed by atoms with E-state index in [-0.39, 0.29) is 5.91 Å². The lowest BCUT2D eigenvalue weighted by molar-refractivity contribution is -0.119. The van der Waals surface area contributed by atoms with Crippen LogP contribution in [0.1, 0.15) is 38.2 Å². The van der Waals surface area contributed by atoms with Crippen LogP contribution in [-0.2, 0) is 11.3 Å². The zero-order chi connectivity index (χ0) is 29.2. The average molecular weight is 611 g/mol. The quantitative estimate of drug-likeness (QED) is 0.370. The number of piperidine rings is 1. The Morgan fingerprint density at radius 2 is 1.64 bits per heavy atom. The number of carbonyl (C=O) groups is 1. The number of hydrogen-bond acceptors (Lipinski definition) is 8. The molecule has 3 aromatic rings. The van der Waals surface area contributed by atoms with Gasteiger partial charge in [-0.3, -0.25) is 14.6 Å². The van der Waals surface area contributed by atoms with Crippen molar-refractivity contribution in [1.29, 1.82) is 0 Å². The SMILES string of the molecule is CC(=O)NCC1CCN(Cc2cc(Oc3cnc(N4CC5CCC(C4)N5C)nc3)nc(-c3cc(Cl)cc(Cl)c3)c2)CC1. The number of ether oxygens (including phenoxy) is 1. The number of likely N-dealkylation sites (N-methyl/N-ethyl adjacent to an activating group) is 1. The number of anilines is 1. The van der Waals surface area contributed by atoms with Gasteiger partial charge in [0.05, 0.1) is 18.1 Å². The molecule has 1 amide bonds. The molecule has 11 heteroatoms. The van der Waals surface area contributed by atoms with Crippen LogP contribution in [0, 0.1) is 5.92 Å². The molecule has 2 aromatic heterocycles. The average Bonchev–Trinajstić information content (AvgIpc) is 3.15. The van der Waals surface area contributed by atoms with Gasteiger partial charge < -0.3 is 15.0 Å². The molecule has 222 valence electrons. The zero-order valence-electron chi connectivity index (χ0n) is 24.1. The van der Waals surface area contributed by atoms with E-state index in [1.807, 2.05) is 18.2 Å². The lowest BCUT2D eigenvalue weighted by atomic mass is 9.96. The van der Waals surface area contributed by atoms with E-state index in [4.69, 9.17) is 32.9 Å². The molecule has 0 aliphatic carbocycles. The second-order valence-corrected chi connectivity index (χ2v) is 12.7. The van der Waals surface area contributed by atoms with Crippen molar-refractivity contribution in [2.24, 2.45) is 5.92 Å². The fourth-order valence-corrected chi connectivity index (χ4v) is 6.90. The highest BCUT2D eigenvalue weighted by molar-refractivity contribution is 6.35. The number of halogens is 2. The second kappa shape index (κ2) is 12.7. The lowest BCUT2D eigenvalue weighted by Gasteiger charge is -2.38. The molecule has 5 heterocycles. The monoisotopic (exact) mass is 609 g/mol. The van der Waals surface area contributed by atoms with Gasteiger partial charge in [-0.1, -0.05) is 23.2 Å². The van der Waals surface area contributed by atoms with Crippen molar-refractivity contribution in [2.75, 3.05) is 44.7 Å². The van der Waals surface area contributed by atoms with Crippen molar-refractivity contribution in [1.82, 2.24) is 30.1 Å². The number of piperazine rings is 1. The van der Waals surface area contributed by atoms with Gasteiger partial charge in [0.15, 0.2) is 5.75 Å². The van der Waals surface area contributed by atoms with Crippen LogP contribution in [0.2, 0.25) is 10.0 Å². The molecular formula is C31H37Cl2N7O2. The molecule has 3 aliphatic heterocycles. The number of benzene rings is 1. The summed E-state index contributed by atoms with van der Waals surface area (Å²) in [7, 11) is 2.22. The molecular weight excluding hydrogens is 573 g/mol. The Morgan fingerprint density at radius 1 is 0.976 bits per heavy atom. The van der Waals surface area contributed by atoms with Gasteiger partial charge in [-0.2, -0.15) is 0 Å². The van der Waals surface area contributed by atoms with Gasteiger partial charge in [-0.25, -0.2) is 15.0 Å². The lowest BCUT2D eigenvalue weighted by Crippen LogP contribution is -2.52. The molecule has 9 nitrogen and oxygen atoms in total. The molecule has 0 spiro atoms. The smallest absolute Gasteiger partial charge is 0.225 e. The summed E-state index contributed by atoms with van der Waals surface area (Å²) in [6.45, 7) is 6.90. The summed E-state index contributed by atoms with van der Waals surface area (Å²) in [4.78, 5) is 32.6.